The van der Waals surface area contributed by atoms with E-state index < -0.39 is 5.97 Å². The number of oxime groups is 1. The summed E-state index contributed by atoms with van der Waals surface area (Å²) in [4.78, 5) is 41.8. The zero-order chi connectivity index (χ0) is 32.2. The standard InChI is InChI=1S/C37H55N5O4/c1-4-25-18-26-20-27(19-25)22-30(21-26)41-28-10-9-11-29(41)24-31(23-28)42-34-13-8-7-12-32(34)38-36(37(42)45)33(14-15-35(43)44)39-46-17-16-40(5-2)6-3/h7-8,12-13,25-31H,4-6,9-11,14-24H2,1-3H3,(H,43,44)/b39-33+/t25-,26-,27+,28-,29+,30?,31+. The molecule has 0 radical (unpaired) electrons. The van der Waals surface area contributed by atoms with E-state index in [9.17, 15) is 14.7 Å². The van der Waals surface area contributed by atoms with Crippen LogP contribution in [0.15, 0.2) is 34.2 Å². The van der Waals surface area contributed by atoms with Gasteiger partial charge in [0, 0.05) is 37.1 Å². The molecule has 1 aromatic heterocycles. The maximum absolute atomic E-state index is 14.5. The lowest BCUT2D eigenvalue weighted by molar-refractivity contribution is -0.136. The van der Waals surface area contributed by atoms with Gasteiger partial charge in [-0.25, -0.2) is 4.98 Å². The molecule has 7 atom stereocenters. The first-order valence-electron chi connectivity index (χ1n) is 18.3. The molecule has 4 fully saturated rings. The third-order valence-electron chi connectivity index (χ3n) is 11.8. The largest absolute Gasteiger partial charge is 0.481 e. The van der Waals surface area contributed by atoms with E-state index in [1.54, 1.807) is 0 Å². The number of aliphatic carboxylic acids is 1. The summed E-state index contributed by atoms with van der Waals surface area (Å²) in [7, 11) is 0. The minimum Gasteiger partial charge on any atom is -0.481 e. The van der Waals surface area contributed by atoms with E-state index in [0.29, 0.717) is 37.0 Å². The molecule has 2 aromatic rings. The van der Waals surface area contributed by atoms with Crippen LogP contribution in [0.2, 0.25) is 0 Å². The van der Waals surface area contributed by atoms with Crippen LogP contribution >= 0.6 is 0 Å². The molecular formula is C37H55N5O4. The molecule has 1 N–H and O–H groups in total. The molecule has 4 bridgehead atoms. The average Bonchev–Trinajstić information content (AvgIpc) is 3.05. The van der Waals surface area contributed by atoms with Gasteiger partial charge in [0.1, 0.15) is 12.3 Å². The summed E-state index contributed by atoms with van der Waals surface area (Å²) in [5.41, 5.74) is 1.96. The van der Waals surface area contributed by atoms with Gasteiger partial charge in [-0.2, -0.15) is 0 Å². The van der Waals surface area contributed by atoms with Gasteiger partial charge >= 0.3 is 5.97 Å². The number of rotatable bonds is 13. The van der Waals surface area contributed by atoms with Crippen molar-refractivity contribution < 1.29 is 14.7 Å². The number of carboxylic acid groups (broad SMARTS) is 1. The number of hydrogen-bond donors (Lipinski definition) is 1. The molecule has 2 aliphatic carbocycles. The Morgan fingerprint density at radius 3 is 2.28 bits per heavy atom. The molecule has 3 heterocycles. The zero-order valence-electron chi connectivity index (χ0n) is 28.3. The molecule has 4 aliphatic rings. The predicted molar refractivity (Wildman–Crippen MR) is 182 cm³/mol. The van der Waals surface area contributed by atoms with E-state index in [2.05, 4.69) is 35.7 Å². The maximum Gasteiger partial charge on any atom is 0.303 e. The first-order valence-corrected chi connectivity index (χ1v) is 18.3. The third-order valence-corrected chi connectivity index (χ3v) is 11.8. The van der Waals surface area contributed by atoms with Crippen LogP contribution in [-0.4, -0.2) is 80.5 Å². The Hall–Kier alpha value is -2.78. The van der Waals surface area contributed by atoms with Crippen molar-refractivity contribution in [3.8, 4) is 0 Å². The van der Waals surface area contributed by atoms with Crippen LogP contribution in [0.4, 0.5) is 0 Å². The smallest absolute Gasteiger partial charge is 0.303 e. The molecule has 9 nitrogen and oxygen atoms in total. The van der Waals surface area contributed by atoms with Crippen molar-refractivity contribution in [1.29, 1.82) is 0 Å². The first kappa shape index (κ1) is 33.1. The molecule has 0 amide bonds. The number of likely N-dealkylation sites (N-methyl/N-ethyl adjacent to an activating group) is 1. The summed E-state index contributed by atoms with van der Waals surface area (Å²) in [6, 6.07) is 9.63. The summed E-state index contributed by atoms with van der Waals surface area (Å²) in [5, 5.41) is 13.9. The molecule has 9 heteroatoms. The highest BCUT2D eigenvalue weighted by atomic mass is 16.6. The van der Waals surface area contributed by atoms with E-state index in [1.165, 1.54) is 57.8 Å². The van der Waals surface area contributed by atoms with Crippen LogP contribution in [0.5, 0.6) is 0 Å². The number of aromatic nitrogens is 2. The second-order valence-electron chi connectivity index (χ2n) is 14.6. The van der Waals surface area contributed by atoms with E-state index in [-0.39, 0.29) is 30.1 Å². The topological polar surface area (TPSA) is 100 Å². The number of carbonyl (C=O) groups is 1. The Bertz CT molecular complexity index is 1410. The van der Waals surface area contributed by atoms with Crippen LogP contribution in [0.1, 0.15) is 116 Å². The molecule has 46 heavy (non-hydrogen) atoms. The van der Waals surface area contributed by atoms with Gasteiger partial charge in [0.15, 0.2) is 5.69 Å². The van der Waals surface area contributed by atoms with Crippen molar-refractivity contribution in [2.45, 2.75) is 128 Å². The molecule has 252 valence electrons. The quantitative estimate of drug-likeness (QED) is 0.153. The summed E-state index contributed by atoms with van der Waals surface area (Å²) >= 11 is 0. The predicted octanol–water partition coefficient (Wildman–Crippen LogP) is 6.49. The summed E-state index contributed by atoms with van der Waals surface area (Å²) in [5.74, 6) is 1.75. The Morgan fingerprint density at radius 1 is 0.935 bits per heavy atom. The van der Waals surface area contributed by atoms with E-state index in [1.807, 2.05) is 28.8 Å². The molecule has 2 saturated heterocycles. The molecule has 6 rings (SSSR count). The van der Waals surface area contributed by atoms with Crippen LogP contribution in [-0.2, 0) is 9.63 Å². The summed E-state index contributed by atoms with van der Waals surface area (Å²) in [6.45, 7) is 9.48. The number of carboxylic acids is 1. The van der Waals surface area contributed by atoms with Crippen molar-refractivity contribution in [2.24, 2.45) is 22.9 Å². The second-order valence-corrected chi connectivity index (χ2v) is 14.6. The highest BCUT2D eigenvalue weighted by Crippen LogP contribution is 2.49. The van der Waals surface area contributed by atoms with Gasteiger partial charge in [-0.3, -0.25) is 14.5 Å². The van der Waals surface area contributed by atoms with Crippen LogP contribution in [0.25, 0.3) is 11.0 Å². The van der Waals surface area contributed by atoms with E-state index >= 15 is 0 Å². The number of para-hydroxylation sites is 2. The van der Waals surface area contributed by atoms with Crippen LogP contribution in [0.3, 0.4) is 0 Å². The van der Waals surface area contributed by atoms with Gasteiger partial charge in [0.05, 0.1) is 17.5 Å². The Labute approximate surface area is 274 Å². The van der Waals surface area contributed by atoms with Gasteiger partial charge < -0.3 is 19.4 Å². The van der Waals surface area contributed by atoms with Crippen LogP contribution < -0.4 is 5.56 Å². The second kappa shape index (κ2) is 15.0. The van der Waals surface area contributed by atoms with E-state index in [0.717, 1.165) is 54.7 Å². The number of fused-ring (bicyclic) bond motifs is 5. The molecule has 2 saturated carbocycles. The molecular weight excluding hydrogens is 578 g/mol. The average molecular weight is 634 g/mol. The first-order chi connectivity index (χ1) is 22.4. The fourth-order valence-electron chi connectivity index (χ4n) is 9.70. The van der Waals surface area contributed by atoms with Gasteiger partial charge in [0.2, 0.25) is 0 Å². The molecule has 2 aliphatic heterocycles. The Balaban J connectivity index is 1.29. The van der Waals surface area contributed by atoms with Crippen molar-refractivity contribution in [3.63, 3.8) is 0 Å². The van der Waals surface area contributed by atoms with Gasteiger partial charge in [-0.15, -0.1) is 0 Å². The number of nitrogens with zero attached hydrogens (tertiary/aromatic N) is 5. The van der Waals surface area contributed by atoms with Crippen molar-refractivity contribution >= 4 is 22.7 Å². The molecule has 1 aromatic carbocycles. The van der Waals surface area contributed by atoms with Crippen LogP contribution in [0, 0.1) is 17.8 Å². The third kappa shape index (κ3) is 7.20. The highest BCUT2D eigenvalue weighted by molar-refractivity contribution is 6.00. The lowest BCUT2D eigenvalue weighted by Crippen LogP contribution is -2.59. The summed E-state index contributed by atoms with van der Waals surface area (Å²) < 4.78 is 1.99. The highest BCUT2D eigenvalue weighted by Gasteiger charge is 2.46. The zero-order valence-corrected chi connectivity index (χ0v) is 28.3. The monoisotopic (exact) mass is 633 g/mol. The van der Waals surface area contributed by atoms with Crippen molar-refractivity contribution in [2.75, 3.05) is 26.2 Å². The SMILES string of the molecule is CC[C@@H]1C[C@H]2CC(N3[C@@H]4CCC[C@H]3C[C@@H](n3c(=O)c(/C(CCC(=O)O)=N/OCCN(CC)CC)nc5ccccc53)C4)C[C@@H](C1)C2. The molecule has 1 unspecified atom stereocenters. The maximum atomic E-state index is 14.5. The minimum atomic E-state index is -0.936. The van der Waals surface area contributed by atoms with Crippen molar-refractivity contribution in [1.82, 2.24) is 19.4 Å². The number of benzene rings is 1. The van der Waals surface area contributed by atoms with Gasteiger partial charge in [-0.05, 0) is 101 Å². The lowest BCUT2D eigenvalue weighted by Gasteiger charge is -2.56. The fraction of sp³-hybridized carbons (Fsp3) is 0.730. The minimum absolute atomic E-state index is 0.0718. The number of piperidine rings is 2. The number of hydrogen-bond acceptors (Lipinski definition) is 7. The fourth-order valence-corrected chi connectivity index (χ4v) is 9.70. The Kier molecular flexibility index (Phi) is 10.8. The lowest BCUT2D eigenvalue weighted by atomic mass is 9.64. The van der Waals surface area contributed by atoms with Gasteiger partial charge in [0.25, 0.3) is 5.56 Å². The summed E-state index contributed by atoms with van der Waals surface area (Å²) in [6.07, 6.45) is 13.9. The Morgan fingerprint density at radius 2 is 1.63 bits per heavy atom. The van der Waals surface area contributed by atoms with E-state index in [4.69, 9.17) is 9.82 Å². The normalized spacial score (nSPS) is 30.1. The van der Waals surface area contributed by atoms with Crippen molar-refractivity contribution in [3.05, 3.63) is 40.3 Å². The molecule has 0 spiro atoms. The van der Waals surface area contributed by atoms with Gasteiger partial charge in [-0.1, -0.05) is 50.9 Å².